The molecule has 0 radical (unpaired) electrons. The number of nitrogens with two attached hydrogens (primary N) is 1. The molecule has 2 aromatic rings. The first kappa shape index (κ1) is 17.4. The Hall–Kier alpha value is -1.97. The van der Waals surface area contributed by atoms with Crippen LogP contribution in [0, 0.1) is 0 Å². The van der Waals surface area contributed by atoms with Crippen LogP contribution >= 0.6 is 23.2 Å². The molecule has 0 aliphatic carbocycles. The first-order valence-corrected chi connectivity index (χ1v) is 8.48. The number of ether oxygens (including phenoxy) is 1. The van der Waals surface area contributed by atoms with Gasteiger partial charge in [0.1, 0.15) is 5.69 Å². The Labute approximate surface area is 142 Å². The Balaban J connectivity index is 2.27. The predicted octanol–water partition coefficient (Wildman–Crippen LogP) is 2.28. The van der Waals surface area contributed by atoms with Crippen LogP contribution in [0.2, 0.25) is 10.0 Å². The van der Waals surface area contributed by atoms with Crippen LogP contribution in [0.25, 0.3) is 0 Å². The van der Waals surface area contributed by atoms with Gasteiger partial charge in [0, 0.05) is 6.07 Å². The zero-order valence-corrected chi connectivity index (χ0v) is 14.1. The molecule has 11 heteroatoms. The smallest absolute Gasteiger partial charge is 0.356 e. The van der Waals surface area contributed by atoms with Crippen molar-refractivity contribution < 1.29 is 17.9 Å². The number of rotatable bonds is 5. The first-order chi connectivity index (χ1) is 10.7. The Morgan fingerprint density at radius 2 is 1.96 bits per heavy atom. The Morgan fingerprint density at radius 1 is 1.35 bits per heavy atom. The molecular formula is C12H12Cl2N4O4S. The monoisotopic (exact) mass is 378 g/mol. The highest BCUT2D eigenvalue weighted by atomic mass is 35.5. The number of hydrogen-bond donors (Lipinski definition) is 3. The van der Waals surface area contributed by atoms with Gasteiger partial charge in [0.2, 0.25) is 0 Å². The molecule has 2 rings (SSSR count). The quantitative estimate of drug-likeness (QED) is 0.540. The normalized spacial score (nSPS) is 11.3. The van der Waals surface area contributed by atoms with Crippen molar-refractivity contribution in [3.05, 3.63) is 33.9 Å². The first-order valence-electron chi connectivity index (χ1n) is 6.24. The average molecular weight is 379 g/mol. The molecule has 1 aromatic carbocycles. The van der Waals surface area contributed by atoms with Gasteiger partial charge in [-0.15, -0.1) is 0 Å². The van der Waals surface area contributed by atoms with E-state index in [1.165, 1.54) is 6.07 Å². The number of aromatic amines is 1. The van der Waals surface area contributed by atoms with Crippen LogP contribution < -0.4 is 10.5 Å². The van der Waals surface area contributed by atoms with E-state index in [0.29, 0.717) is 0 Å². The summed E-state index contributed by atoms with van der Waals surface area (Å²) in [7, 11) is -4.01. The largest absolute Gasteiger partial charge is 0.461 e. The number of benzene rings is 1. The molecule has 0 saturated heterocycles. The molecule has 8 nitrogen and oxygen atoms in total. The number of nitrogens with zero attached hydrogens (tertiary/aromatic N) is 1. The summed E-state index contributed by atoms with van der Waals surface area (Å²) in [6, 6.07) is 3.52. The van der Waals surface area contributed by atoms with Gasteiger partial charge in [-0.25, -0.2) is 13.2 Å². The molecule has 23 heavy (non-hydrogen) atoms. The minimum absolute atomic E-state index is 0.00659. The second-order valence-electron chi connectivity index (χ2n) is 4.29. The summed E-state index contributed by atoms with van der Waals surface area (Å²) in [4.78, 5) is 11.3. The van der Waals surface area contributed by atoms with Gasteiger partial charge in [-0.2, -0.15) is 5.10 Å². The third-order valence-corrected chi connectivity index (χ3v) is 4.63. The van der Waals surface area contributed by atoms with Gasteiger partial charge in [-0.05, 0) is 19.1 Å². The standard InChI is InChI=1S/C12H12Cl2N4O4S/c1-2-22-12(19)9-5-10(17-16-9)18-23(20,21)6-3-7(13)11(15)8(14)4-6/h3-5H,2,15H2,1H3,(H2,16,17,18). The van der Waals surface area contributed by atoms with E-state index in [9.17, 15) is 13.2 Å². The van der Waals surface area contributed by atoms with E-state index in [-0.39, 0.29) is 38.7 Å². The Morgan fingerprint density at radius 3 is 2.52 bits per heavy atom. The molecule has 0 bridgehead atoms. The fourth-order valence-electron chi connectivity index (χ4n) is 1.60. The Bertz CT molecular complexity index is 827. The molecule has 0 unspecified atom stereocenters. The maximum absolute atomic E-state index is 12.3. The van der Waals surface area contributed by atoms with Crippen LogP contribution in [0.5, 0.6) is 0 Å². The van der Waals surface area contributed by atoms with Crippen LogP contribution in [-0.4, -0.2) is 31.2 Å². The van der Waals surface area contributed by atoms with Gasteiger partial charge in [-0.1, -0.05) is 23.2 Å². The van der Waals surface area contributed by atoms with Crippen LogP contribution in [0.15, 0.2) is 23.1 Å². The predicted molar refractivity (Wildman–Crippen MR) is 86.2 cm³/mol. The molecule has 0 fully saturated rings. The lowest BCUT2D eigenvalue weighted by atomic mass is 10.3. The summed E-state index contributed by atoms with van der Waals surface area (Å²) >= 11 is 11.6. The highest BCUT2D eigenvalue weighted by Crippen LogP contribution is 2.31. The van der Waals surface area contributed by atoms with E-state index in [1.54, 1.807) is 6.92 Å². The van der Waals surface area contributed by atoms with Gasteiger partial charge in [0.25, 0.3) is 10.0 Å². The fourth-order valence-corrected chi connectivity index (χ4v) is 3.26. The molecule has 124 valence electrons. The summed E-state index contributed by atoms with van der Waals surface area (Å²) in [5.41, 5.74) is 5.66. The van der Waals surface area contributed by atoms with Gasteiger partial charge >= 0.3 is 5.97 Å². The van der Waals surface area contributed by atoms with E-state index in [4.69, 9.17) is 33.7 Å². The van der Waals surface area contributed by atoms with Crippen molar-refractivity contribution in [1.82, 2.24) is 10.2 Å². The maximum Gasteiger partial charge on any atom is 0.356 e. The summed E-state index contributed by atoms with van der Waals surface area (Å²) in [6.45, 7) is 1.83. The number of carbonyl (C=O) groups excluding carboxylic acids is 1. The van der Waals surface area contributed by atoms with Crippen LogP contribution in [0.4, 0.5) is 11.5 Å². The van der Waals surface area contributed by atoms with Crippen molar-refractivity contribution >= 4 is 50.7 Å². The minimum atomic E-state index is -4.01. The van der Waals surface area contributed by atoms with Crippen molar-refractivity contribution in [2.75, 3.05) is 17.1 Å². The van der Waals surface area contributed by atoms with E-state index >= 15 is 0 Å². The highest BCUT2D eigenvalue weighted by Gasteiger charge is 2.20. The molecule has 0 aliphatic heterocycles. The average Bonchev–Trinajstić information content (AvgIpc) is 2.92. The van der Waals surface area contributed by atoms with Crippen LogP contribution in [-0.2, 0) is 14.8 Å². The molecule has 1 aromatic heterocycles. The second-order valence-corrected chi connectivity index (χ2v) is 6.79. The van der Waals surface area contributed by atoms with Gasteiger partial charge < -0.3 is 10.5 Å². The number of carbonyl (C=O) groups is 1. The molecule has 0 saturated carbocycles. The summed E-state index contributed by atoms with van der Waals surface area (Å²) in [6.07, 6.45) is 0. The zero-order chi connectivity index (χ0) is 17.2. The van der Waals surface area contributed by atoms with E-state index in [0.717, 1.165) is 12.1 Å². The number of hydrogen-bond acceptors (Lipinski definition) is 6. The number of aromatic nitrogens is 2. The van der Waals surface area contributed by atoms with Crippen molar-refractivity contribution in [3.8, 4) is 0 Å². The lowest BCUT2D eigenvalue weighted by molar-refractivity contribution is 0.0519. The van der Waals surface area contributed by atoms with Gasteiger partial charge in [0.05, 0.1) is 27.2 Å². The third kappa shape index (κ3) is 3.87. The molecule has 0 atom stereocenters. The lowest BCUT2D eigenvalue weighted by Crippen LogP contribution is -2.13. The number of halogens is 2. The fraction of sp³-hybridized carbons (Fsp3) is 0.167. The van der Waals surface area contributed by atoms with Crippen molar-refractivity contribution in [3.63, 3.8) is 0 Å². The molecular weight excluding hydrogens is 367 g/mol. The summed E-state index contributed by atoms with van der Waals surface area (Å²) < 4.78 is 31.5. The van der Waals surface area contributed by atoms with E-state index < -0.39 is 16.0 Å². The lowest BCUT2D eigenvalue weighted by Gasteiger charge is -2.08. The second kappa shape index (κ2) is 6.65. The number of H-pyrrole nitrogens is 1. The van der Waals surface area contributed by atoms with Crippen LogP contribution in [0.1, 0.15) is 17.4 Å². The van der Waals surface area contributed by atoms with E-state index in [1.807, 2.05) is 0 Å². The molecule has 4 N–H and O–H groups in total. The molecule has 1 heterocycles. The zero-order valence-electron chi connectivity index (χ0n) is 11.8. The van der Waals surface area contributed by atoms with Gasteiger partial charge in [0.15, 0.2) is 5.82 Å². The van der Waals surface area contributed by atoms with Crippen molar-refractivity contribution in [2.45, 2.75) is 11.8 Å². The number of nitrogens with one attached hydrogen (secondary N) is 2. The SMILES string of the molecule is CCOC(=O)c1cc(NS(=O)(=O)c2cc(Cl)c(N)c(Cl)c2)n[nH]1. The number of esters is 1. The highest BCUT2D eigenvalue weighted by molar-refractivity contribution is 7.92. The maximum atomic E-state index is 12.3. The van der Waals surface area contributed by atoms with Gasteiger partial charge in [-0.3, -0.25) is 9.82 Å². The number of nitrogen functional groups attached to an aromatic ring is 1. The molecule has 0 amide bonds. The van der Waals surface area contributed by atoms with Crippen molar-refractivity contribution in [2.24, 2.45) is 0 Å². The summed E-state index contributed by atoms with van der Waals surface area (Å²) in [5.74, 6) is -0.735. The van der Waals surface area contributed by atoms with E-state index in [2.05, 4.69) is 14.9 Å². The number of anilines is 2. The topological polar surface area (TPSA) is 127 Å². The van der Waals surface area contributed by atoms with Crippen molar-refractivity contribution in [1.29, 1.82) is 0 Å². The van der Waals surface area contributed by atoms with Crippen LogP contribution in [0.3, 0.4) is 0 Å². The third-order valence-electron chi connectivity index (χ3n) is 2.68. The number of sulfonamides is 1. The minimum Gasteiger partial charge on any atom is -0.461 e. The summed E-state index contributed by atoms with van der Waals surface area (Å²) in [5, 5.41) is 6.07. The molecule has 0 spiro atoms. The Kier molecular flexibility index (Phi) is 5.03. The molecule has 0 aliphatic rings.